The van der Waals surface area contributed by atoms with E-state index in [0.29, 0.717) is 11.7 Å². The molecule has 2 aliphatic rings. The van der Waals surface area contributed by atoms with Crippen molar-refractivity contribution in [3.05, 3.63) is 35.8 Å². The molecule has 2 heterocycles. The number of halogens is 1. The van der Waals surface area contributed by atoms with Crippen LogP contribution in [0.5, 0.6) is 0 Å². The van der Waals surface area contributed by atoms with Crippen molar-refractivity contribution in [2.45, 2.75) is 18.2 Å². The fraction of sp³-hybridized carbons (Fsp3) is 0.467. The van der Waals surface area contributed by atoms with E-state index in [2.05, 4.69) is 29.8 Å². The minimum absolute atomic E-state index is 0.0369. The third-order valence-electron chi connectivity index (χ3n) is 4.10. The van der Waals surface area contributed by atoms with Crippen molar-refractivity contribution in [2.24, 2.45) is 0 Å². The maximum atomic E-state index is 14.5. The van der Waals surface area contributed by atoms with Gasteiger partial charge in [0, 0.05) is 49.9 Å². The van der Waals surface area contributed by atoms with Gasteiger partial charge in [0.2, 0.25) is 0 Å². The van der Waals surface area contributed by atoms with Crippen molar-refractivity contribution in [3.8, 4) is 0 Å². The summed E-state index contributed by atoms with van der Waals surface area (Å²) in [4.78, 5) is 4.17. The van der Waals surface area contributed by atoms with Crippen LogP contribution in [-0.2, 0) is 0 Å². The molecule has 1 N–H and O–H groups in total. The summed E-state index contributed by atoms with van der Waals surface area (Å²) in [5, 5.41) is 3.30. The van der Waals surface area contributed by atoms with Crippen LogP contribution in [0.2, 0.25) is 0 Å². The number of thiol groups is 1. The Morgan fingerprint density at radius 3 is 2.90 bits per heavy atom. The zero-order chi connectivity index (χ0) is 14.3. The Hall–Kier alpha value is -1.20. The first-order chi connectivity index (χ1) is 9.58. The highest BCUT2D eigenvalue weighted by molar-refractivity contribution is 7.80. The zero-order valence-corrected chi connectivity index (χ0v) is 12.7. The van der Waals surface area contributed by atoms with E-state index >= 15 is 0 Å². The summed E-state index contributed by atoms with van der Waals surface area (Å²) < 4.78 is 14.5. The Balaban J connectivity index is 2.03. The van der Waals surface area contributed by atoms with E-state index in [0.717, 1.165) is 30.9 Å². The largest absolute Gasteiger partial charge is 0.364 e. The van der Waals surface area contributed by atoms with E-state index in [1.54, 1.807) is 6.07 Å². The van der Waals surface area contributed by atoms with Crippen molar-refractivity contribution < 1.29 is 4.39 Å². The SMILES string of the molecule is CC1CNCCN1c1cc2c(cc1F)C(S)C=CN2C. The predicted molar refractivity (Wildman–Crippen MR) is 85.3 cm³/mol. The number of hydrogen-bond acceptors (Lipinski definition) is 4. The highest BCUT2D eigenvalue weighted by atomic mass is 32.1. The summed E-state index contributed by atoms with van der Waals surface area (Å²) in [7, 11) is 1.98. The predicted octanol–water partition coefficient (Wildman–Crippen LogP) is 2.56. The molecule has 0 saturated carbocycles. The molecule has 0 bridgehead atoms. The lowest BCUT2D eigenvalue weighted by Gasteiger charge is -2.37. The number of nitrogens with zero attached hydrogens (tertiary/aromatic N) is 2. The second-order valence-corrected chi connectivity index (χ2v) is 6.06. The molecule has 108 valence electrons. The van der Waals surface area contributed by atoms with Crippen LogP contribution in [0.15, 0.2) is 24.4 Å². The van der Waals surface area contributed by atoms with Crippen LogP contribution < -0.4 is 15.1 Å². The summed E-state index contributed by atoms with van der Waals surface area (Å²) in [6.07, 6.45) is 3.96. The summed E-state index contributed by atoms with van der Waals surface area (Å²) in [6.45, 7) is 4.74. The van der Waals surface area contributed by atoms with Gasteiger partial charge < -0.3 is 15.1 Å². The Morgan fingerprint density at radius 2 is 2.15 bits per heavy atom. The van der Waals surface area contributed by atoms with Crippen molar-refractivity contribution in [1.29, 1.82) is 0 Å². The normalized spacial score (nSPS) is 25.8. The molecule has 3 nitrogen and oxygen atoms in total. The molecule has 2 unspecified atom stereocenters. The van der Waals surface area contributed by atoms with Gasteiger partial charge in [-0.15, -0.1) is 0 Å². The number of piperazine rings is 1. The summed E-state index contributed by atoms with van der Waals surface area (Å²) in [6, 6.07) is 3.89. The summed E-state index contributed by atoms with van der Waals surface area (Å²) in [5.41, 5.74) is 2.66. The average molecular weight is 293 g/mol. The van der Waals surface area contributed by atoms with Crippen molar-refractivity contribution >= 4 is 24.0 Å². The van der Waals surface area contributed by atoms with Crippen LogP contribution in [0.4, 0.5) is 15.8 Å². The van der Waals surface area contributed by atoms with Gasteiger partial charge in [0.25, 0.3) is 0 Å². The number of anilines is 2. The molecule has 0 spiro atoms. The fourth-order valence-corrected chi connectivity index (χ4v) is 3.21. The number of rotatable bonds is 1. The lowest BCUT2D eigenvalue weighted by Crippen LogP contribution is -2.50. The van der Waals surface area contributed by atoms with Crippen molar-refractivity contribution in [2.75, 3.05) is 36.5 Å². The minimum atomic E-state index is -0.153. The van der Waals surface area contributed by atoms with E-state index < -0.39 is 0 Å². The number of fused-ring (bicyclic) bond motifs is 1. The standard InChI is InChI=1S/C15H20FN3S/c1-10-9-17-4-6-19(10)14-8-13-11(7-12(14)16)15(20)3-5-18(13)2/h3,5,7-8,10,15,17,20H,4,6,9H2,1-2H3. The molecule has 0 radical (unpaired) electrons. The van der Waals surface area contributed by atoms with Crippen LogP contribution in [0.3, 0.4) is 0 Å². The second-order valence-electron chi connectivity index (χ2n) is 5.51. The van der Waals surface area contributed by atoms with E-state index in [1.807, 2.05) is 30.3 Å². The molecule has 20 heavy (non-hydrogen) atoms. The molecular weight excluding hydrogens is 273 g/mol. The van der Waals surface area contributed by atoms with E-state index in [1.165, 1.54) is 0 Å². The lowest BCUT2D eigenvalue weighted by molar-refractivity contribution is 0.490. The molecule has 1 fully saturated rings. The number of nitrogens with one attached hydrogen (secondary N) is 1. The Kier molecular flexibility index (Phi) is 3.65. The van der Waals surface area contributed by atoms with Crippen LogP contribution in [-0.4, -0.2) is 32.7 Å². The van der Waals surface area contributed by atoms with Crippen LogP contribution in [0.1, 0.15) is 17.7 Å². The van der Waals surface area contributed by atoms with Gasteiger partial charge in [0.05, 0.1) is 5.69 Å². The van der Waals surface area contributed by atoms with Gasteiger partial charge in [-0.3, -0.25) is 0 Å². The van der Waals surface area contributed by atoms with Crippen LogP contribution in [0, 0.1) is 5.82 Å². The molecule has 2 atom stereocenters. The van der Waals surface area contributed by atoms with E-state index in [9.17, 15) is 4.39 Å². The number of hydrogen-bond donors (Lipinski definition) is 2. The van der Waals surface area contributed by atoms with Gasteiger partial charge in [-0.1, -0.05) is 6.08 Å². The van der Waals surface area contributed by atoms with E-state index in [-0.39, 0.29) is 11.1 Å². The molecule has 0 aliphatic carbocycles. The van der Waals surface area contributed by atoms with Gasteiger partial charge in [0.1, 0.15) is 5.82 Å². The Bertz CT molecular complexity index is 546. The first kappa shape index (κ1) is 13.8. The zero-order valence-electron chi connectivity index (χ0n) is 11.8. The quantitative estimate of drug-likeness (QED) is 0.776. The number of benzene rings is 1. The third-order valence-corrected chi connectivity index (χ3v) is 4.55. The maximum Gasteiger partial charge on any atom is 0.146 e. The highest BCUT2D eigenvalue weighted by Gasteiger charge is 2.25. The molecule has 1 aromatic rings. The topological polar surface area (TPSA) is 18.5 Å². The summed E-state index contributed by atoms with van der Waals surface area (Å²) >= 11 is 4.50. The molecule has 1 aromatic carbocycles. The maximum absolute atomic E-state index is 14.5. The van der Waals surface area contributed by atoms with Gasteiger partial charge in [-0.05, 0) is 24.6 Å². The second kappa shape index (κ2) is 5.30. The lowest BCUT2D eigenvalue weighted by atomic mass is 10.0. The monoisotopic (exact) mass is 293 g/mol. The molecule has 0 amide bonds. The van der Waals surface area contributed by atoms with Crippen LogP contribution in [0.25, 0.3) is 0 Å². The van der Waals surface area contributed by atoms with Crippen LogP contribution >= 0.6 is 12.6 Å². The molecule has 3 rings (SSSR count). The molecular formula is C15H20FN3S. The minimum Gasteiger partial charge on any atom is -0.364 e. The van der Waals surface area contributed by atoms with Crippen molar-refractivity contribution in [1.82, 2.24) is 5.32 Å². The Labute approximate surface area is 124 Å². The molecule has 0 aromatic heterocycles. The van der Waals surface area contributed by atoms with Gasteiger partial charge in [0.15, 0.2) is 0 Å². The third kappa shape index (κ3) is 2.29. The fourth-order valence-electron chi connectivity index (χ4n) is 2.92. The van der Waals surface area contributed by atoms with E-state index in [4.69, 9.17) is 0 Å². The average Bonchev–Trinajstić information content (AvgIpc) is 2.44. The van der Waals surface area contributed by atoms with Gasteiger partial charge >= 0.3 is 0 Å². The summed E-state index contributed by atoms with van der Waals surface area (Å²) in [5.74, 6) is -0.153. The molecule has 5 heteroatoms. The highest BCUT2D eigenvalue weighted by Crippen LogP contribution is 2.39. The first-order valence-corrected chi connectivity index (χ1v) is 7.49. The first-order valence-electron chi connectivity index (χ1n) is 6.98. The molecule has 1 saturated heterocycles. The Morgan fingerprint density at radius 1 is 1.35 bits per heavy atom. The van der Waals surface area contributed by atoms with Gasteiger partial charge in [-0.2, -0.15) is 12.6 Å². The molecule has 2 aliphatic heterocycles. The van der Waals surface area contributed by atoms with Crippen molar-refractivity contribution in [3.63, 3.8) is 0 Å². The smallest absolute Gasteiger partial charge is 0.146 e. The van der Waals surface area contributed by atoms with Gasteiger partial charge in [-0.25, -0.2) is 4.39 Å².